The molecule has 132 valence electrons. The first-order valence-electron chi connectivity index (χ1n) is 8.73. The van der Waals surface area contributed by atoms with E-state index in [2.05, 4.69) is 20.7 Å². The largest absolute Gasteiger partial charge is 0.241 e. The molecule has 2 aliphatic rings. The van der Waals surface area contributed by atoms with E-state index < -0.39 is 15.6 Å². The quantitative estimate of drug-likeness (QED) is 0.759. The van der Waals surface area contributed by atoms with Crippen LogP contribution in [0.25, 0.3) is 5.57 Å². The first kappa shape index (κ1) is 18.2. The Kier molecular flexibility index (Phi) is 4.98. The molecule has 3 rings (SSSR count). The Morgan fingerprint density at radius 2 is 1.79 bits per heavy atom. The van der Waals surface area contributed by atoms with Crippen LogP contribution < -0.4 is 4.72 Å². The number of allylic oxidation sites excluding steroid dienone is 2. The van der Waals surface area contributed by atoms with Crippen molar-refractivity contribution in [1.82, 2.24) is 4.72 Å². The standard InChI is InChI=1S/C19H26BrNO2S/c1-19(2,3)21-24(22,23)15-9-10-16-14(11-15)12-17(20)18(16)13-7-5-4-6-8-13/h9-11,13,21H,4-8,12H2,1-3H3. The maximum absolute atomic E-state index is 12.6. The third kappa shape index (κ3) is 3.78. The van der Waals surface area contributed by atoms with Gasteiger partial charge in [-0.2, -0.15) is 0 Å². The number of fused-ring (bicyclic) bond motifs is 1. The lowest BCUT2D eigenvalue weighted by Crippen LogP contribution is -2.40. The van der Waals surface area contributed by atoms with Crippen molar-refractivity contribution in [2.45, 2.75) is 69.7 Å². The summed E-state index contributed by atoms with van der Waals surface area (Å²) in [5.41, 5.74) is 3.30. The summed E-state index contributed by atoms with van der Waals surface area (Å²) >= 11 is 3.76. The van der Waals surface area contributed by atoms with Gasteiger partial charge in [-0.3, -0.25) is 0 Å². The van der Waals surface area contributed by atoms with Gasteiger partial charge < -0.3 is 0 Å². The minimum atomic E-state index is -3.48. The van der Waals surface area contributed by atoms with Gasteiger partial charge in [0.15, 0.2) is 0 Å². The highest BCUT2D eigenvalue weighted by atomic mass is 79.9. The van der Waals surface area contributed by atoms with Gasteiger partial charge in [0.1, 0.15) is 0 Å². The molecule has 5 heteroatoms. The van der Waals surface area contributed by atoms with Crippen LogP contribution in [-0.2, 0) is 16.4 Å². The summed E-state index contributed by atoms with van der Waals surface area (Å²) in [6.45, 7) is 5.58. The van der Waals surface area contributed by atoms with Gasteiger partial charge in [-0.25, -0.2) is 13.1 Å². The third-order valence-corrected chi connectivity index (χ3v) is 7.23. The fourth-order valence-electron chi connectivity index (χ4n) is 3.85. The first-order valence-corrected chi connectivity index (χ1v) is 11.0. The van der Waals surface area contributed by atoms with Gasteiger partial charge in [-0.15, -0.1) is 0 Å². The number of nitrogens with one attached hydrogen (secondary N) is 1. The molecule has 3 nitrogen and oxygen atoms in total. The lowest BCUT2D eigenvalue weighted by molar-refractivity contribution is 0.429. The van der Waals surface area contributed by atoms with Crippen molar-refractivity contribution in [1.29, 1.82) is 0 Å². The SMILES string of the molecule is CC(C)(C)NS(=O)(=O)c1ccc2c(c1)CC(Br)=C2C1CCCCC1. The van der Waals surface area contributed by atoms with Crippen molar-refractivity contribution < 1.29 is 8.42 Å². The Balaban J connectivity index is 1.91. The zero-order valence-electron chi connectivity index (χ0n) is 14.7. The Labute approximate surface area is 154 Å². The van der Waals surface area contributed by atoms with Crippen LogP contribution in [0.1, 0.15) is 64.0 Å². The van der Waals surface area contributed by atoms with Crippen molar-refractivity contribution in [2.75, 3.05) is 0 Å². The fraction of sp³-hybridized carbons (Fsp3) is 0.579. The van der Waals surface area contributed by atoms with Gasteiger partial charge >= 0.3 is 0 Å². The lowest BCUT2D eigenvalue weighted by Gasteiger charge is -2.24. The van der Waals surface area contributed by atoms with Crippen LogP contribution >= 0.6 is 15.9 Å². The van der Waals surface area contributed by atoms with E-state index in [4.69, 9.17) is 0 Å². The van der Waals surface area contributed by atoms with Crippen molar-refractivity contribution in [3.8, 4) is 0 Å². The minimum Gasteiger partial charge on any atom is -0.207 e. The molecule has 0 atom stereocenters. The second-order valence-corrected chi connectivity index (χ2v) is 10.6. The molecule has 1 aromatic carbocycles. The highest BCUT2D eigenvalue weighted by Gasteiger charge is 2.29. The summed E-state index contributed by atoms with van der Waals surface area (Å²) in [4.78, 5) is 0.362. The van der Waals surface area contributed by atoms with Gasteiger partial charge in [-0.1, -0.05) is 41.3 Å². The number of hydrogen-bond donors (Lipinski definition) is 1. The molecule has 0 bridgehead atoms. The number of sulfonamides is 1. The maximum Gasteiger partial charge on any atom is 0.241 e. The van der Waals surface area contributed by atoms with Crippen LogP contribution in [0.4, 0.5) is 0 Å². The van der Waals surface area contributed by atoms with Crippen molar-refractivity contribution in [3.05, 3.63) is 33.8 Å². The van der Waals surface area contributed by atoms with Crippen molar-refractivity contribution in [3.63, 3.8) is 0 Å². The van der Waals surface area contributed by atoms with Gasteiger partial charge in [0.25, 0.3) is 0 Å². The van der Waals surface area contributed by atoms with Crippen molar-refractivity contribution in [2.24, 2.45) is 5.92 Å². The van der Waals surface area contributed by atoms with Crippen LogP contribution in [0.3, 0.4) is 0 Å². The van der Waals surface area contributed by atoms with E-state index in [0.29, 0.717) is 10.8 Å². The van der Waals surface area contributed by atoms with E-state index in [0.717, 1.165) is 12.0 Å². The summed E-state index contributed by atoms with van der Waals surface area (Å²) in [6, 6.07) is 5.60. The second-order valence-electron chi connectivity index (χ2n) is 8.00. The Morgan fingerprint density at radius 1 is 1.12 bits per heavy atom. The normalized spacial score (nSPS) is 19.7. The summed E-state index contributed by atoms with van der Waals surface area (Å²) < 4.78 is 29.1. The zero-order valence-corrected chi connectivity index (χ0v) is 17.1. The smallest absolute Gasteiger partial charge is 0.207 e. The predicted molar refractivity (Wildman–Crippen MR) is 103 cm³/mol. The molecule has 1 saturated carbocycles. The average Bonchev–Trinajstić information content (AvgIpc) is 2.80. The van der Waals surface area contributed by atoms with Crippen LogP contribution in [0, 0.1) is 5.92 Å². The molecule has 24 heavy (non-hydrogen) atoms. The fourth-order valence-corrected chi connectivity index (χ4v) is 6.16. The van der Waals surface area contributed by atoms with Crippen LogP contribution in [0.5, 0.6) is 0 Å². The number of rotatable bonds is 3. The molecule has 0 aromatic heterocycles. The summed E-state index contributed by atoms with van der Waals surface area (Å²) in [7, 11) is -3.48. The molecule has 0 spiro atoms. The van der Waals surface area contributed by atoms with Gasteiger partial charge in [0.05, 0.1) is 4.90 Å². The highest BCUT2D eigenvalue weighted by Crippen LogP contribution is 2.45. The molecule has 0 saturated heterocycles. The Morgan fingerprint density at radius 3 is 2.42 bits per heavy atom. The summed E-state index contributed by atoms with van der Waals surface area (Å²) in [5.74, 6) is 0.615. The minimum absolute atomic E-state index is 0.362. The number of hydrogen-bond acceptors (Lipinski definition) is 2. The second kappa shape index (κ2) is 6.58. The van der Waals surface area contributed by atoms with Crippen LogP contribution in [0.15, 0.2) is 27.6 Å². The third-order valence-electron chi connectivity index (χ3n) is 4.77. The van der Waals surface area contributed by atoms with E-state index >= 15 is 0 Å². The monoisotopic (exact) mass is 411 g/mol. The first-order chi connectivity index (χ1) is 11.2. The molecule has 0 aliphatic heterocycles. The highest BCUT2D eigenvalue weighted by molar-refractivity contribution is 9.11. The number of halogens is 1. The average molecular weight is 412 g/mol. The molecule has 0 unspecified atom stereocenters. The van der Waals surface area contributed by atoms with Crippen LogP contribution in [-0.4, -0.2) is 14.0 Å². The van der Waals surface area contributed by atoms with Crippen molar-refractivity contribution >= 4 is 31.5 Å². The molecule has 0 heterocycles. The lowest BCUT2D eigenvalue weighted by atomic mass is 9.82. The van der Waals surface area contributed by atoms with Crippen LogP contribution in [0.2, 0.25) is 0 Å². The molecule has 0 amide bonds. The topological polar surface area (TPSA) is 46.2 Å². The number of benzene rings is 1. The zero-order chi connectivity index (χ0) is 17.5. The Hall–Kier alpha value is -0.650. The molecule has 1 fully saturated rings. The Bertz CT molecular complexity index is 769. The van der Waals surface area contributed by atoms with E-state index in [1.165, 1.54) is 47.7 Å². The summed E-state index contributed by atoms with van der Waals surface area (Å²) in [5, 5.41) is 0. The summed E-state index contributed by atoms with van der Waals surface area (Å²) in [6.07, 6.45) is 7.23. The molecular formula is C19H26BrNO2S. The van der Waals surface area contributed by atoms with E-state index in [9.17, 15) is 8.42 Å². The van der Waals surface area contributed by atoms with Gasteiger partial charge in [0.2, 0.25) is 10.0 Å². The molecular weight excluding hydrogens is 386 g/mol. The van der Waals surface area contributed by atoms with E-state index in [1.807, 2.05) is 32.9 Å². The van der Waals surface area contributed by atoms with Gasteiger partial charge in [-0.05, 0) is 68.4 Å². The molecule has 1 N–H and O–H groups in total. The van der Waals surface area contributed by atoms with E-state index in [1.54, 1.807) is 6.07 Å². The molecule has 0 radical (unpaired) electrons. The molecule has 1 aromatic rings. The van der Waals surface area contributed by atoms with Gasteiger partial charge in [0, 0.05) is 16.4 Å². The predicted octanol–water partition coefficient (Wildman–Crippen LogP) is 5.01. The molecule has 2 aliphatic carbocycles. The van der Waals surface area contributed by atoms with E-state index in [-0.39, 0.29) is 0 Å². The maximum atomic E-state index is 12.6.